The summed E-state index contributed by atoms with van der Waals surface area (Å²) < 4.78 is 0. The number of non-ortho nitro benzene ring substituents is 1. The summed E-state index contributed by atoms with van der Waals surface area (Å²) in [6.07, 6.45) is 2.44. The van der Waals surface area contributed by atoms with Crippen molar-refractivity contribution < 1.29 is 9.72 Å². The number of amides is 1. The van der Waals surface area contributed by atoms with Gasteiger partial charge in [-0.15, -0.1) is 0 Å². The highest BCUT2D eigenvalue weighted by molar-refractivity contribution is 6.00. The average Bonchev–Trinajstić information content (AvgIpc) is 3.30. The van der Waals surface area contributed by atoms with Gasteiger partial charge >= 0.3 is 0 Å². The molecule has 0 heterocycles. The van der Waals surface area contributed by atoms with Gasteiger partial charge in [-0.2, -0.15) is 0 Å². The number of anilines is 1. The molecule has 1 aromatic rings. The number of rotatable bonds is 7. The zero-order valence-corrected chi connectivity index (χ0v) is 12.3. The first-order valence-electron chi connectivity index (χ1n) is 6.97. The van der Waals surface area contributed by atoms with Crippen LogP contribution < -0.4 is 10.6 Å². The first kappa shape index (κ1) is 15.2. The first-order valence-corrected chi connectivity index (χ1v) is 6.97. The van der Waals surface area contributed by atoms with Crippen LogP contribution in [0.15, 0.2) is 18.2 Å². The Hall–Kier alpha value is -2.15. The fourth-order valence-corrected chi connectivity index (χ4v) is 2.19. The summed E-state index contributed by atoms with van der Waals surface area (Å²) in [4.78, 5) is 24.7. The highest BCUT2D eigenvalue weighted by Crippen LogP contribution is 2.25. The van der Waals surface area contributed by atoms with Gasteiger partial charge < -0.3 is 15.5 Å². The Morgan fingerprint density at radius 2 is 2.19 bits per heavy atom. The van der Waals surface area contributed by atoms with Crippen molar-refractivity contribution in [3.63, 3.8) is 0 Å². The summed E-state index contributed by atoms with van der Waals surface area (Å²) in [5, 5.41) is 16.5. The standard InChI is InChI=1S/C14H20N4O3/c1-15-13-6-5-11(18(20)21)9-12(13)14(19)16-7-8-17(2)10-3-4-10/h5-6,9-10,15H,3-4,7-8H2,1-2H3,(H,16,19). The minimum atomic E-state index is -0.503. The topological polar surface area (TPSA) is 87.5 Å². The van der Waals surface area contributed by atoms with Crippen LogP contribution in [-0.2, 0) is 0 Å². The molecule has 1 aliphatic rings. The van der Waals surface area contributed by atoms with Crippen LogP contribution in [0.25, 0.3) is 0 Å². The SMILES string of the molecule is CNc1ccc([N+](=O)[O-])cc1C(=O)NCCN(C)C1CC1. The van der Waals surface area contributed by atoms with Crippen LogP contribution in [-0.4, -0.2) is 49.0 Å². The molecule has 1 fully saturated rings. The molecule has 0 aromatic heterocycles. The summed E-state index contributed by atoms with van der Waals surface area (Å²) >= 11 is 0. The predicted octanol–water partition coefficient (Wildman–Crippen LogP) is 1.46. The summed E-state index contributed by atoms with van der Waals surface area (Å²) in [7, 11) is 3.72. The lowest BCUT2D eigenvalue weighted by atomic mass is 10.1. The smallest absolute Gasteiger partial charge is 0.270 e. The largest absolute Gasteiger partial charge is 0.387 e. The van der Waals surface area contributed by atoms with E-state index in [9.17, 15) is 14.9 Å². The maximum absolute atomic E-state index is 12.2. The molecule has 1 aromatic carbocycles. The molecule has 1 amide bonds. The number of benzene rings is 1. The predicted molar refractivity (Wildman–Crippen MR) is 80.6 cm³/mol. The highest BCUT2D eigenvalue weighted by Gasteiger charge is 2.25. The fourth-order valence-electron chi connectivity index (χ4n) is 2.19. The van der Waals surface area contributed by atoms with Crippen LogP contribution in [0.5, 0.6) is 0 Å². The second kappa shape index (κ2) is 6.53. The zero-order valence-electron chi connectivity index (χ0n) is 12.3. The number of nitro benzene ring substituents is 1. The second-order valence-electron chi connectivity index (χ2n) is 5.20. The first-order chi connectivity index (χ1) is 10.0. The summed E-state index contributed by atoms with van der Waals surface area (Å²) in [5.41, 5.74) is 0.781. The Kier molecular flexibility index (Phi) is 4.74. The van der Waals surface area contributed by atoms with Crippen molar-refractivity contribution in [1.29, 1.82) is 0 Å². The molecular weight excluding hydrogens is 272 g/mol. The number of carbonyl (C=O) groups excluding carboxylic acids is 1. The number of hydrogen-bond acceptors (Lipinski definition) is 5. The average molecular weight is 292 g/mol. The lowest BCUT2D eigenvalue weighted by Gasteiger charge is -2.16. The maximum Gasteiger partial charge on any atom is 0.270 e. The van der Waals surface area contributed by atoms with Gasteiger partial charge in [0.2, 0.25) is 0 Å². The van der Waals surface area contributed by atoms with Crippen LogP contribution in [0.3, 0.4) is 0 Å². The number of nitrogens with zero attached hydrogens (tertiary/aromatic N) is 2. The van der Waals surface area contributed by atoms with Gasteiger partial charge in [0.25, 0.3) is 11.6 Å². The molecule has 0 aliphatic heterocycles. The van der Waals surface area contributed by atoms with E-state index in [-0.39, 0.29) is 11.6 Å². The molecule has 0 radical (unpaired) electrons. The molecule has 0 saturated heterocycles. The van der Waals surface area contributed by atoms with Crippen LogP contribution in [0, 0.1) is 10.1 Å². The summed E-state index contributed by atoms with van der Waals surface area (Å²) in [5.74, 6) is -0.299. The van der Waals surface area contributed by atoms with Crippen LogP contribution in [0.4, 0.5) is 11.4 Å². The molecule has 7 nitrogen and oxygen atoms in total. The summed E-state index contributed by atoms with van der Waals surface area (Å²) in [6.45, 7) is 1.30. The third kappa shape index (κ3) is 3.91. The minimum Gasteiger partial charge on any atom is -0.387 e. The van der Waals surface area contributed by atoms with Crippen LogP contribution in [0.1, 0.15) is 23.2 Å². The Bertz CT molecular complexity index is 543. The molecule has 0 unspecified atom stereocenters. The van der Waals surface area contributed by atoms with Crippen molar-refractivity contribution in [2.45, 2.75) is 18.9 Å². The van der Waals surface area contributed by atoms with E-state index in [0.29, 0.717) is 23.8 Å². The second-order valence-corrected chi connectivity index (χ2v) is 5.20. The van der Waals surface area contributed by atoms with Gasteiger partial charge in [-0.3, -0.25) is 14.9 Å². The molecule has 2 N–H and O–H groups in total. The Morgan fingerprint density at radius 1 is 1.48 bits per heavy atom. The van der Waals surface area contributed by atoms with Gasteiger partial charge in [-0.1, -0.05) is 0 Å². The number of likely N-dealkylation sites (N-methyl/N-ethyl adjacent to an activating group) is 1. The lowest BCUT2D eigenvalue weighted by Crippen LogP contribution is -2.34. The van der Waals surface area contributed by atoms with E-state index in [0.717, 1.165) is 6.54 Å². The Morgan fingerprint density at radius 3 is 2.76 bits per heavy atom. The van der Waals surface area contributed by atoms with Crippen molar-refractivity contribution in [3.8, 4) is 0 Å². The number of carbonyl (C=O) groups is 1. The molecule has 7 heteroatoms. The van der Waals surface area contributed by atoms with Crippen LogP contribution >= 0.6 is 0 Å². The Labute approximate surface area is 123 Å². The maximum atomic E-state index is 12.2. The van der Waals surface area contributed by atoms with Gasteiger partial charge in [0.05, 0.1) is 10.5 Å². The molecule has 0 bridgehead atoms. The van der Waals surface area contributed by atoms with Crippen molar-refractivity contribution in [1.82, 2.24) is 10.2 Å². The zero-order chi connectivity index (χ0) is 15.4. The van der Waals surface area contributed by atoms with Crippen molar-refractivity contribution in [2.75, 3.05) is 32.5 Å². The number of hydrogen-bond donors (Lipinski definition) is 2. The third-order valence-corrected chi connectivity index (χ3v) is 3.65. The normalized spacial score (nSPS) is 14.0. The van der Waals surface area contributed by atoms with E-state index < -0.39 is 4.92 Å². The molecule has 0 atom stereocenters. The molecule has 0 spiro atoms. The van der Waals surface area contributed by atoms with Crippen molar-refractivity contribution in [3.05, 3.63) is 33.9 Å². The fraction of sp³-hybridized carbons (Fsp3) is 0.500. The molecule has 1 aliphatic carbocycles. The highest BCUT2D eigenvalue weighted by atomic mass is 16.6. The van der Waals surface area contributed by atoms with Gasteiger partial charge in [-0.25, -0.2) is 0 Å². The number of nitrogens with one attached hydrogen (secondary N) is 2. The van der Waals surface area contributed by atoms with E-state index in [1.807, 2.05) is 7.05 Å². The van der Waals surface area contributed by atoms with Gasteiger partial charge in [0, 0.05) is 44.0 Å². The Balaban J connectivity index is 1.99. The van der Waals surface area contributed by atoms with Gasteiger partial charge in [0.15, 0.2) is 0 Å². The van der Waals surface area contributed by atoms with Gasteiger partial charge in [0.1, 0.15) is 0 Å². The summed E-state index contributed by atoms with van der Waals surface area (Å²) in [6, 6.07) is 4.87. The minimum absolute atomic E-state index is 0.0887. The lowest BCUT2D eigenvalue weighted by molar-refractivity contribution is -0.384. The molecule has 21 heavy (non-hydrogen) atoms. The van der Waals surface area contributed by atoms with Crippen molar-refractivity contribution in [2.24, 2.45) is 0 Å². The molecular formula is C14H20N4O3. The van der Waals surface area contributed by atoms with Crippen LogP contribution in [0.2, 0.25) is 0 Å². The van der Waals surface area contributed by atoms with E-state index in [1.165, 1.54) is 25.0 Å². The monoisotopic (exact) mass is 292 g/mol. The van der Waals surface area contributed by atoms with Crippen molar-refractivity contribution >= 4 is 17.3 Å². The molecule has 2 rings (SSSR count). The number of nitro groups is 1. The van der Waals surface area contributed by atoms with E-state index in [1.54, 1.807) is 13.1 Å². The van der Waals surface area contributed by atoms with Gasteiger partial charge in [-0.05, 0) is 26.0 Å². The molecule has 1 saturated carbocycles. The van der Waals surface area contributed by atoms with E-state index in [4.69, 9.17) is 0 Å². The van der Waals surface area contributed by atoms with E-state index in [2.05, 4.69) is 15.5 Å². The quantitative estimate of drug-likeness (QED) is 0.587. The molecule has 114 valence electrons. The van der Waals surface area contributed by atoms with E-state index >= 15 is 0 Å². The third-order valence-electron chi connectivity index (χ3n) is 3.65.